The highest BCUT2D eigenvalue weighted by Crippen LogP contribution is 2.35. The number of carbonyl (C=O) groups is 1. The van der Waals surface area contributed by atoms with Crippen LogP contribution < -0.4 is 10.9 Å². The van der Waals surface area contributed by atoms with Crippen molar-refractivity contribution in [2.45, 2.75) is 47.1 Å². The molecule has 3 rings (SSSR count). The summed E-state index contributed by atoms with van der Waals surface area (Å²) in [5.41, 5.74) is 2.18. The zero-order valence-corrected chi connectivity index (χ0v) is 21.7. The Labute approximate surface area is 210 Å². The summed E-state index contributed by atoms with van der Waals surface area (Å²) in [6.07, 6.45) is 3.42. The summed E-state index contributed by atoms with van der Waals surface area (Å²) in [6, 6.07) is 12.1. The number of nitrogens with one attached hydrogen (secondary N) is 1. The normalized spacial score (nSPS) is 14.8. The molecule has 1 aromatic heterocycles. The van der Waals surface area contributed by atoms with E-state index in [1.165, 1.54) is 17.3 Å². The number of anilines is 1. The molecule has 178 valence electrons. The second-order valence-corrected chi connectivity index (χ2v) is 10.3. The lowest BCUT2D eigenvalue weighted by Gasteiger charge is -2.19. The first-order chi connectivity index (χ1) is 16.3. The lowest BCUT2D eigenvalue weighted by molar-refractivity contribution is -0.122. The van der Waals surface area contributed by atoms with Gasteiger partial charge in [0.2, 0.25) is 0 Å². The Kier molecular flexibility index (Phi) is 8.70. The van der Waals surface area contributed by atoms with Gasteiger partial charge >= 0.3 is 0 Å². The van der Waals surface area contributed by atoms with E-state index < -0.39 is 0 Å². The van der Waals surface area contributed by atoms with Crippen LogP contribution in [-0.2, 0) is 17.8 Å². The van der Waals surface area contributed by atoms with Gasteiger partial charge in [0.25, 0.3) is 11.5 Å². The minimum absolute atomic E-state index is 0.0944. The molecule has 0 saturated carbocycles. The molecule has 1 fully saturated rings. The number of nitrogens with zero attached hydrogens (tertiary/aromatic N) is 3. The fraction of sp³-hybridized carbons (Fsp3) is 0.385. The van der Waals surface area contributed by atoms with Gasteiger partial charge in [0.1, 0.15) is 21.8 Å². The molecule has 1 saturated heterocycles. The van der Waals surface area contributed by atoms with Gasteiger partial charge in [0.15, 0.2) is 0 Å². The highest BCUT2D eigenvalue weighted by molar-refractivity contribution is 8.26. The maximum absolute atomic E-state index is 13.1. The molecule has 1 aliphatic heterocycles. The molecule has 0 aliphatic carbocycles. The van der Waals surface area contributed by atoms with E-state index >= 15 is 0 Å². The molecule has 1 amide bonds. The van der Waals surface area contributed by atoms with Gasteiger partial charge < -0.3 is 5.32 Å². The van der Waals surface area contributed by atoms with Crippen LogP contribution in [0.1, 0.15) is 49.4 Å². The number of thiocarbonyl (C=S) groups is 1. The van der Waals surface area contributed by atoms with Crippen LogP contribution in [0, 0.1) is 24.2 Å². The summed E-state index contributed by atoms with van der Waals surface area (Å²) >= 11 is 6.74. The maximum Gasteiger partial charge on any atom is 0.270 e. The van der Waals surface area contributed by atoms with Crippen LogP contribution >= 0.6 is 24.0 Å². The van der Waals surface area contributed by atoms with E-state index in [9.17, 15) is 14.9 Å². The third-order valence-electron chi connectivity index (χ3n) is 5.82. The molecule has 34 heavy (non-hydrogen) atoms. The molecule has 0 radical (unpaired) electrons. The van der Waals surface area contributed by atoms with Crippen molar-refractivity contribution in [2.24, 2.45) is 5.92 Å². The van der Waals surface area contributed by atoms with Gasteiger partial charge in [-0.05, 0) is 49.8 Å². The Morgan fingerprint density at radius 2 is 1.94 bits per heavy atom. The molecule has 0 unspecified atom stereocenters. The number of aromatic nitrogens is 1. The van der Waals surface area contributed by atoms with E-state index in [2.05, 4.69) is 37.4 Å². The van der Waals surface area contributed by atoms with Gasteiger partial charge in [0, 0.05) is 25.2 Å². The Morgan fingerprint density at radius 1 is 1.24 bits per heavy atom. The van der Waals surface area contributed by atoms with Gasteiger partial charge in [-0.1, -0.05) is 68.2 Å². The number of rotatable bonds is 9. The quantitative estimate of drug-likeness (QED) is 0.393. The zero-order valence-electron chi connectivity index (χ0n) is 20.1. The second kappa shape index (κ2) is 11.5. The topological polar surface area (TPSA) is 78.1 Å². The minimum atomic E-state index is -0.327. The van der Waals surface area contributed by atoms with Crippen molar-refractivity contribution >= 4 is 46.1 Å². The zero-order chi connectivity index (χ0) is 24.8. The summed E-state index contributed by atoms with van der Waals surface area (Å²) in [5, 5.41) is 13.1. The van der Waals surface area contributed by atoms with Crippen molar-refractivity contribution in [3.63, 3.8) is 0 Å². The van der Waals surface area contributed by atoms with Crippen LogP contribution in [0.2, 0.25) is 0 Å². The van der Waals surface area contributed by atoms with Crippen molar-refractivity contribution < 1.29 is 4.79 Å². The Morgan fingerprint density at radius 3 is 2.56 bits per heavy atom. The predicted octanol–water partition coefficient (Wildman–Crippen LogP) is 4.95. The first kappa shape index (κ1) is 25.7. The van der Waals surface area contributed by atoms with Crippen LogP contribution in [0.4, 0.5) is 5.82 Å². The van der Waals surface area contributed by atoms with Gasteiger partial charge in [0.05, 0.1) is 4.91 Å². The Hall–Kier alpha value is -2.89. The molecule has 0 atom stereocenters. The summed E-state index contributed by atoms with van der Waals surface area (Å²) in [4.78, 5) is 28.3. The average molecular weight is 495 g/mol. The van der Waals surface area contributed by atoms with E-state index in [1.807, 2.05) is 25.1 Å². The minimum Gasteiger partial charge on any atom is -0.371 e. The van der Waals surface area contributed by atoms with Crippen molar-refractivity contribution in [1.29, 1.82) is 5.26 Å². The van der Waals surface area contributed by atoms with Crippen LogP contribution in [0.5, 0.6) is 0 Å². The molecule has 2 heterocycles. The number of nitriles is 1. The smallest absolute Gasteiger partial charge is 0.270 e. The molecule has 8 heteroatoms. The Bertz CT molecular complexity index is 1210. The molecular weight excluding hydrogens is 464 g/mol. The fourth-order valence-corrected chi connectivity index (χ4v) is 5.13. The second-order valence-electron chi connectivity index (χ2n) is 8.60. The van der Waals surface area contributed by atoms with Gasteiger partial charge in [-0.15, -0.1) is 0 Å². The Balaban J connectivity index is 2.01. The van der Waals surface area contributed by atoms with E-state index in [1.54, 1.807) is 22.5 Å². The van der Waals surface area contributed by atoms with Gasteiger partial charge in [-0.25, -0.2) is 0 Å². The number of hydrogen-bond acceptors (Lipinski definition) is 6. The van der Waals surface area contributed by atoms with Crippen molar-refractivity contribution in [3.8, 4) is 6.07 Å². The van der Waals surface area contributed by atoms with E-state index in [4.69, 9.17) is 12.2 Å². The van der Waals surface area contributed by atoms with Crippen LogP contribution in [-0.4, -0.2) is 32.8 Å². The van der Waals surface area contributed by atoms with E-state index in [0.29, 0.717) is 51.7 Å². The number of pyridine rings is 1. The number of amides is 1. The van der Waals surface area contributed by atoms with Crippen molar-refractivity contribution in [2.75, 3.05) is 18.4 Å². The predicted molar refractivity (Wildman–Crippen MR) is 144 cm³/mol. The molecular formula is C26H30N4O2S2. The summed E-state index contributed by atoms with van der Waals surface area (Å²) in [5.74, 6) is 0.952. The largest absolute Gasteiger partial charge is 0.371 e. The van der Waals surface area contributed by atoms with Crippen molar-refractivity contribution in [1.82, 2.24) is 9.47 Å². The van der Waals surface area contributed by atoms with Crippen LogP contribution in [0.15, 0.2) is 40.0 Å². The number of benzene rings is 1. The number of hydrogen-bond donors (Lipinski definition) is 1. The summed E-state index contributed by atoms with van der Waals surface area (Å²) in [7, 11) is 0. The van der Waals surface area contributed by atoms with Crippen LogP contribution in [0.3, 0.4) is 0 Å². The summed E-state index contributed by atoms with van der Waals surface area (Å²) in [6.45, 7) is 9.44. The number of thioether (sulfide) groups is 1. The molecule has 0 spiro atoms. The van der Waals surface area contributed by atoms with Gasteiger partial charge in [-0.3, -0.25) is 19.1 Å². The molecule has 0 bridgehead atoms. The third kappa shape index (κ3) is 5.60. The molecule has 1 aromatic carbocycles. The van der Waals surface area contributed by atoms with Crippen LogP contribution in [0.25, 0.3) is 6.08 Å². The first-order valence-electron chi connectivity index (χ1n) is 11.5. The molecule has 1 aliphatic rings. The first-order valence-corrected chi connectivity index (χ1v) is 12.7. The van der Waals surface area contributed by atoms with E-state index in [-0.39, 0.29) is 17.0 Å². The summed E-state index contributed by atoms with van der Waals surface area (Å²) < 4.78 is 2.11. The van der Waals surface area contributed by atoms with Crippen molar-refractivity contribution in [3.05, 3.63) is 67.8 Å². The highest BCUT2D eigenvalue weighted by Gasteiger charge is 2.32. The number of carbonyl (C=O) groups excluding carboxylic acids is 1. The van der Waals surface area contributed by atoms with Gasteiger partial charge in [-0.2, -0.15) is 5.26 Å². The lowest BCUT2D eigenvalue weighted by Crippen LogP contribution is -2.30. The molecule has 6 nitrogen and oxygen atoms in total. The highest BCUT2D eigenvalue weighted by atomic mass is 32.2. The lowest BCUT2D eigenvalue weighted by atomic mass is 10.0. The molecule has 1 N–H and O–H groups in total. The fourth-order valence-electron chi connectivity index (χ4n) is 3.84. The third-order valence-corrected chi connectivity index (χ3v) is 7.20. The molecule has 2 aromatic rings. The monoisotopic (exact) mass is 494 g/mol. The van der Waals surface area contributed by atoms with E-state index in [0.717, 1.165) is 12.8 Å². The standard InChI is InChI=1S/C26H30N4O2S2/c1-5-29-23(28-13-11-19-9-7-6-8-10-19)20(18(4)21(16-27)24(29)31)15-22-25(32)30(26(33)34-22)14-12-17(2)3/h6-10,15,17,28H,5,11-14H2,1-4H3/b22-15-. The average Bonchev–Trinajstić information content (AvgIpc) is 3.08. The maximum atomic E-state index is 13.1. The SMILES string of the molecule is CCn1c(NCCc2ccccc2)c(/C=C2\SC(=S)N(CCC(C)C)C2=O)c(C)c(C#N)c1=O.